The molecule has 2 N–H and O–H groups in total. The lowest BCUT2D eigenvalue weighted by Gasteiger charge is -2.25. The molecule has 0 spiro atoms. The Morgan fingerprint density at radius 2 is 1.69 bits per heavy atom. The Kier molecular flexibility index (Phi) is 8.20. The van der Waals surface area contributed by atoms with Gasteiger partial charge in [-0.2, -0.15) is 5.26 Å². The normalized spacial score (nSPS) is 14.9. The molecular formula is C24H28N4O4. The van der Waals surface area contributed by atoms with Crippen molar-refractivity contribution in [3.63, 3.8) is 0 Å². The lowest BCUT2D eigenvalue weighted by molar-refractivity contribution is -0.124. The molecule has 2 amide bonds. The predicted molar refractivity (Wildman–Crippen MR) is 121 cm³/mol. The maximum absolute atomic E-state index is 12.8. The van der Waals surface area contributed by atoms with Gasteiger partial charge < -0.3 is 20.1 Å². The first-order valence-electron chi connectivity index (χ1n) is 10.6. The van der Waals surface area contributed by atoms with Crippen molar-refractivity contribution in [3.8, 4) is 11.8 Å². The second-order valence-corrected chi connectivity index (χ2v) is 7.89. The summed E-state index contributed by atoms with van der Waals surface area (Å²) >= 11 is 0. The van der Waals surface area contributed by atoms with E-state index in [4.69, 9.17) is 9.47 Å². The molecule has 0 aliphatic carbocycles. The molecule has 32 heavy (non-hydrogen) atoms. The van der Waals surface area contributed by atoms with Crippen LogP contribution in [0.15, 0.2) is 48.5 Å². The Morgan fingerprint density at radius 1 is 1.06 bits per heavy atom. The quantitative estimate of drug-likeness (QED) is 0.660. The molecule has 1 aliphatic rings. The van der Waals surface area contributed by atoms with Crippen LogP contribution in [0.5, 0.6) is 5.75 Å². The van der Waals surface area contributed by atoms with Gasteiger partial charge in [-0.05, 0) is 42.3 Å². The minimum absolute atomic E-state index is 0.0897. The Hall–Kier alpha value is -3.41. The molecule has 1 saturated heterocycles. The number of morpholine rings is 1. The van der Waals surface area contributed by atoms with E-state index in [2.05, 4.69) is 16.7 Å². The van der Waals surface area contributed by atoms with Crippen LogP contribution in [0.2, 0.25) is 0 Å². The van der Waals surface area contributed by atoms with E-state index in [1.165, 1.54) is 0 Å². The Balaban J connectivity index is 1.57. The fourth-order valence-corrected chi connectivity index (χ4v) is 3.30. The molecule has 1 fully saturated rings. The monoisotopic (exact) mass is 436 g/mol. The summed E-state index contributed by atoms with van der Waals surface area (Å²) in [6.07, 6.45) is -0.766. The van der Waals surface area contributed by atoms with E-state index >= 15 is 0 Å². The molecule has 0 saturated carbocycles. The zero-order valence-corrected chi connectivity index (χ0v) is 18.3. The van der Waals surface area contributed by atoms with Gasteiger partial charge in [0.05, 0.1) is 25.3 Å². The minimum Gasteiger partial charge on any atom is -0.479 e. The molecule has 3 rings (SSSR count). The maximum Gasteiger partial charge on any atom is 0.265 e. The third-order valence-electron chi connectivity index (χ3n) is 5.03. The van der Waals surface area contributed by atoms with Crippen LogP contribution in [0, 0.1) is 17.2 Å². The number of amides is 2. The number of benzene rings is 2. The first-order valence-corrected chi connectivity index (χ1v) is 10.6. The summed E-state index contributed by atoms with van der Waals surface area (Å²) in [6.45, 7) is 6.86. The molecule has 8 heteroatoms. The number of nitriles is 1. The molecule has 0 aromatic heterocycles. The molecule has 1 aliphatic heterocycles. The number of hydrogen-bond donors (Lipinski definition) is 2. The predicted octanol–water partition coefficient (Wildman–Crippen LogP) is 2.87. The first kappa shape index (κ1) is 23.3. The van der Waals surface area contributed by atoms with Gasteiger partial charge in [0.2, 0.25) is 5.91 Å². The highest BCUT2D eigenvalue weighted by molar-refractivity contribution is 5.95. The van der Waals surface area contributed by atoms with E-state index in [0.29, 0.717) is 42.4 Å². The van der Waals surface area contributed by atoms with Crippen LogP contribution in [0.3, 0.4) is 0 Å². The summed E-state index contributed by atoms with van der Waals surface area (Å²) in [4.78, 5) is 27.1. The van der Waals surface area contributed by atoms with Crippen molar-refractivity contribution in [1.29, 1.82) is 5.26 Å². The second kappa shape index (κ2) is 11.3. The molecule has 0 radical (unpaired) electrons. The van der Waals surface area contributed by atoms with Gasteiger partial charge in [0, 0.05) is 24.5 Å². The van der Waals surface area contributed by atoms with Crippen molar-refractivity contribution in [2.75, 3.05) is 43.5 Å². The highest BCUT2D eigenvalue weighted by Gasteiger charge is 2.25. The zero-order valence-electron chi connectivity index (χ0n) is 18.3. The van der Waals surface area contributed by atoms with Crippen LogP contribution in [-0.4, -0.2) is 55.7 Å². The summed E-state index contributed by atoms with van der Waals surface area (Å²) in [7, 11) is 0. The number of carbonyl (C=O) groups excluding carboxylic acids is 2. The van der Waals surface area contributed by atoms with Gasteiger partial charge in [-0.25, -0.2) is 0 Å². The molecule has 8 nitrogen and oxygen atoms in total. The number of carbonyl (C=O) groups is 2. The first-order chi connectivity index (χ1) is 15.5. The number of ether oxygens (including phenoxy) is 2. The van der Waals surface area contributed by atoms with Crippen LogP contribution in [0.4, 0.5) is 11.4 Å². The molecule has 168 valence electrons. The second-order valence-electron chi connectivity index (χ2n) is 7.89. The minimum atomic E-state index is -0.766. The lowest BCUT2D eigenvalue weighted by Crippen LogP contribution is -2.41. The number of nitrogens with one attached hydrogen (secondary N) is 2. The average Bonchev–Trinajstić information content (AvgIpc) is 2.79. The largest absolute Gasteiger partial charge is 0.479 e. The summed E-state index contributed by atoms with van der Waals surface area (Å²) in [5, 5.41) is 15.0. The summed E-state index contributed by atoms with van der Waals surface area (Å²) < 4.78 is 11.2. The number of anilines is 2. The highest BCUT2D eigenvalue weighted by Crippen LogP contribution is 2.22. The van der Waals surface area contributed by atoms with E-state index in [0.717, 1.165) is 13.1 Å². The van der Waals surface area contributed by atoms with Gasteiger partial charge in [-0.3, -0.25) is 14.5 Å². The molecule has 1 heterocycles. The van der Waals surface area contributed by atoms with Gasteiger partial charge in [0.25, 0.3) is 5.91 Å². The van der Waals surface area contributed by atoms with Crippen molar-refractivity contribution >= 4 is 23.2 Å². The molecular weight excluding hydrogens is 408 g/mol. The fraction of sp³-hybridized carbons (Fsp3) is 0.375. The molecule has 0 bridgehead atoms. The lowest BCUT2D eigenvalue weighted by atomic mass is 10.1. The van der Waals surface area contributed by atoms with Crippen LogP contribution in [0.25, 0.3) is 0 Å². The van der Waals surface area contributed by atoms with Crippen molar-refractivity contribution in [2.45, 2.75) is 20.0 Å². The maximum atomic E-state index is 12.8. The molecule has 1 atom stereocenters. The highest BCUT2D eigenvalue weighted by atomic mass is 16.5. The van der Waals surface area contributed by atoms with Crippen molar-refractivity contribution in [3.05, 3.63) is 54.1 Å². The zero-order chi connectivity index (χ0) is 22.9. The van der Waals surface area contributed by atoms with Gasteiger partial charge in [-0.1, -0.05) is 26.0 Å². The van der Waals surface area contributed by atoms with E-state index < -0.39 is 6.10 Å². The SMILES string of the molecule is CC(C)C(Oc1ccccc1C#N)C(=O)Nc1ccc(NC(=O)CN2CCOCC2)cc1. The van der Waals surface area contributed by atoms with Gasteiger partial charge >= 0.3 is 0 Å². The Morgan fingerprint density at radius 3 is 2.31 bits per heavy atom. The number of para-hydroxylation sites is 1. The number of hydrogen-bond acceptors (Lipinski definition) is 6. The van der Waals surface area contributed by atoms with Crippen molar-refractivity contribution < 1.29 is 19.1 Å². The fourth-order valence-electron chi connectivity index (χ4n) is 3.30. The topological polar surface area (TPSA) is 104 Å². The third-order valence-corrected chi connectivity index (χ3v) is 5.03. The molecule has 2 aromatic carbocycles. The van der Waals surface area contributed by atoms with Crippen molar-refractivity contribution in [2.24, 2.45) is 5.92 Å². The van der Waals surface area contributed by atoms with E-state index in [1.807, 2.05) is 18.7 Å². The summed E-state index contributed by atoms with van der Waals surface area (Å²) in [5.41, 5.74) is 1.62. The number of nitrogens with zero attached hydrogens (tertiary/aromatic N) is 2. The van der Waals surface area contributed by atoms with E-state index in [1.54, 1.807) is 48.5 Å². The van der Waals surface area contributed by atoms with Gasteiger partial charge in [-0.15, -0.1) is 0 Å². The standard InChI is InChI=1S/C24H28N4O4/c1-17(2)23(32-21-6-4-3-5-18(21)15-25)24(30)27-20-9-7-19(8-10-20)26-22(29)16-28-11-13-31-14-12-28/h3-10,17,23H,11-14,16H2,1-2H3,(H,26,29)(H,27,30). The molecule has 2 aromatic rings. The third kappa shape index (κ3) is 6.54. The summed E-state index contributed by atoms with van der Waals surface area (Å²) in [6, 6.07) is 15.8. The number of rotatable bonds is 8. The van der Waals surface area contributed by atoms with Gasteiger partial charge in [0.1, 0.15) is 11.8 Å². The van der Waals surface area contributed by atoms with Crippen molar-refractivity contribution in [1.82, 2.24) is 4.90 Å². The smallest absolute Gasteiger partial charge is 0.265 e. The Labute approximate surface area is 188 Å². The average molecular weight is 437 g/mol. The summed E-state index contributed by atoms with van der Waals surface area (Å²) in [5.74, 6) is -0.132. The van der Waals surface area contributed by atoms with Gasteiger partial charge in [0.15, 0.2) is 6.10 Å². The Bertz CT molecular complexity index is 963. The molecule has 1 unspecified atom stereocenters. The van der Waals surface area contributed by atoms with Crippen LogP contribution in [0.1, 0.15) is 19.4 Å². The van der Waals surface area contributed by atoms with E-state index in [9.17, 15) is 14.9 Å². The van der Waals surface area contributed by atoms with E-state index in [-0.39, 0.29) is 17.7 Å². The van der Waals surface area contributed by atoms with Crippen LogP contribution >= 0.6 is 0 Å². The van der Waals surface area contributed by atoms with Crippen LogP contribution < -0.4 is 15.4 Å². The van der Waals surface area contributed by atoms with Crippen LogP contribution in [-0.2, 0) is 14.3 Å².